The van der Waals surface area contributed by atoms with Crippen molar-refractivity contribution in [3.05, 3.63) is 41.1 Å². The zero-order valence-electron chi connectivity index (χ0n) is 17.0. The Balaban J connectivity index is 2.31. The van der Waals surface area contributed by atoms with Gasteiger partial charge in [-0.2, -0.15) is 0 Å². The number of carbonyl (C=O) groups excluding carboxylic acids is 1. The maximum Gasteiger partial charge on any atom is 0.339 e. The molecule has 1 heterocycles. The highest BCUT2D eigenvalue weighted by Gasteiger charge is 2.24. The van der Waals surface area contributed by atoms with Crippen LogP contribution >= 0.6 is 0 Å². The number of aryl methyl sites for hydroxylation is 1. The number of benzene rings is 1. The van der Waals surface area contributed by atoms with Crippen LogP contribution in [0.1, 0.15) is 43.2 Å². The first-order valence-corrected chi connectivity index (χ1v) is 9.18. The lowest BCUT2D eigenvalue weighted by molar-refractivity contribution is -0.119. The Morgan fingerprint density at radius 3 is 2.66 bits per heavy atom. The molecule has 2 aromatic rings. The Morgan fingerprint density at radius 2 is 2.07 bits per heavy atom. The number of anilines is 1. The van der Waals surface area contributed by atoms with Gasteiger partial charge >= 0.3 is 5.97 Å². The molecule has 154 valence electrons. The number of nitrogen functional groups attached to an aromatic ring is 1. The summed E-state index contributed by atoms with van der Waals surface area (Å²) >= 11 is 0. The van der Waals surface area contributed by atoms with Gasteiger partial charge in [-0.1, -0.05) is 13.0 Å². The molecule has 0 bridgehead atoms. The molecule has 0 saturated heterocycles. The van der Waals surface area contributed by atoms with Crippen molar-refractivity contribution in [2.75, 3.05) is 12.3 Å². The largest absolute Gasteiger partial charge is 0.490 e. The van der Waals surface area contributed by atoms with Crippen LogP contribution in [0.5, 0.6) is 5.75 Å². The number of carbonyl (C=O) groups is 2. The lowest BCUT2D eigenvalue weighted by Crippen LogP contribution is -2.48. The number of aromatic nitrogens is 1. The highest BCUT2D eigenvalue weighted by atomic mass is 16.5. The monoisotopic (exact) mass is 398 g/mol. The van der Waals surface area contributed by atoms with Crippen LogP contribution in [0.15, 0.2) is 29.8 Å². The molecule has 0 radical (unpaired) electrons. The quantitative estimate of drug-likeness (QED) is 0.398. The summed E-state index contributed by atoms with van der Waals surface area (Å²) < 4.78 is 5.92. The molecular weight excluding hydrogens is 372 g/mol. The van der Waals surface area contributed by atoms with Crippen LogP contribution in [-0.4, -0.2) is 40.3 Å². The Labute approximate surface area is 169 Å². The summed E-state index contributed by atoms with van der Waals surface area (Å²) in [4.78, 5) is 28.3. The molecular formula is C21H26N4O4. The second kappa shape index (κ2) is 8.72. The average molecular weight is 398 g/mol. The first kappa shape index (κ1) is 21.9. The Kier molecular flexibility index (Phi) is 6.58. The molecule has 2 rings (SSSR count). The van der Waals surface area contributed by atoms with E-state index < -0.39 is 11.5 Å². The highest BCUT2D eigenvalue weighted by Crippen LogP contribution is 2.33. The number of nitrogens with two attached hydrogens (primary N) is 1. The highest BCUT2D eigenvalue weighted by molar-refractivity contribution is 6.06. The predicted octanol–water partition coefficient (Wildman–Crippen LogP) is 3.08. The number of amides is 1. The van der Waals surface area contributed by atoms with Gasteiger partial charge in [-0.15, -0.1) is 0 Å². The molecule has 0 fully saturated rings. The zero-order valence-corrected chi connectivity index (χ0v) is 17.0. The number of rotatable bonds is 8. The number of nitrogens with one attached hydrogen (secondary N) is 2. The lowest BCUT2D eigenvalue weighted by atomic mass is 10.0. The molecule has 8 heteroatoms. The van der Waals surface area contributed by atoms with Crippen LogP contribution in [0, 0.1) is 12.3 Å². The summed E-state index contributed by atoms with van der Waals surface area (Å²) in [5, 5.41) is 19.9. The minimum absolute atomic E-state index is 0.0505. The number of nitrogens with zero attached hydrogens (tertiary/aromatic N) is 1. The molecule has 0 saturated carbocycles. The number of pyridine rings is 1. The molecule has 29 heavy (non-hydrogen) atoms. The van der Waals surface area contributed by atoms with Gasteiger partial charge in [0.05, 0.1) is 27.8 Å². The van der Waals surface area contributed by atoms with Gasteiger partial charge in [0, 0.05) is 11.8 Å². The third-order valence-corrected chi connectivity index (χ3v) is 4.40. The van der Waals surface area contributed by atoms with Crippen molar-refractivity contribution in [3.8, 4) is 5.75 Å². The minimum atomic E-state index is -1.15. The van der Waals surface area contributed by atoms with Gasteiger partial charge in [-0.05, 0) is 45.4 Å². The number of aromatic carboxylic acids is 1. The van der Waals surface area contributed by atoms with E-state index in [0.717, 1.165) is 6.21 Å². The van der Waals surface area contributed by atoms with Crippen molar-refractivity contribution in [1.82, 2.24) is 10.3 Å². The van der Waals surface area contributed by atoms with Gasteiger partial charge in [-0.3, -0.25) is 9.78 Å². The van der Waals surface area contributed by atoms with E-state index in [1.54, 1.807) is 25.1 Å². The van der Waals surface area contributed by atoms with Gasteiger partial charge in [0.2, 0.25) is 5.91 Å². The van der Waals surface area contributed by atoms with Crippen LogP contribution in [0.25, 0.3) is 10.9 Å². The third kappa shape index (κ3) is 4.90. The fraction of sp³-hybridized carbons (Fsp3) is 0.333. The van der Waals surface area contributed by atoms with Gasteiger partial charge in [-0.25, -0.2) is 4.79 Å². The molecule has 0 atom stereocenters. The number of ether oxygens (including phenoxy) is 1. The van der Waals surface area contributed by atoms with Crippen LogP contribution in [0.2, 0.25) is 0 Å². The Bertz CT molecular complexity index is 996. The lowest BCUT2D eigenvalue weighted by Gasteiger charge is -2.27. The first-order chi connectivity index (χ1) is 13.6. The average Bonchev–Trinajstić information content (AvgIpc) is 2.63. The Morgan fingerprint density at radius 1 is 1.38 bits per heavy atom. The van der Waals surface area contributed by atoms with Gasteiger partial charge in [0.25, 0.3) is 0 Å². The van der Waals surface area contributed by atoms with E-state index in [1.807, 2.05) is 20.8 Å². The second-order valence-electron chi connectivity index (χ2n) is 7.28. The molecule has 0 spiro atoms. The minimum Gasteiger partial charge on any atom is -0.490 e. The molecule has 0 aliphatic carbocycles. The molecule has 0 aliphatic heterocycles. The Hall–Kier alpha value is -3.42. The van der Waals surface area contributed by atoms with Gasteiger partial charge in [0.15, 0.2) is 0 Å². The second-order valence-corrected chi connectivity index (χ2v) is 7.28. The zero-order chi connectivity index (χ0) is 21.8. The molecule has 0 unspecified atom stereocenters. The summed E-state index contributed by atoms with van der Waals surface area (Å²) in [6.07, 6.45) is 3.04. The molecule has 1 amide bonds. The third-order valence-electron chi connectivity index (χ3n) is 4.40. The van der Waals surface area contributed by atoms with E-state index in [-0.39, 0.29) is 23.8 Å². The number of carboxylic acid groups (broad SMARTS) is 1. The topological polar surface area (TPSA) is 138 Å². The van der Waals surface area contributed by atoms with Crippen LogP contribution in [-0.2, 0) is 4.79 Å². The molecule has 1 aromatic carbocycles. The summed E-state index contributed by atoms with van der Waals surface area (Å²) in [5.41, 5.74) is 6.81. The number of carboxylic acids is 1. The normalized spacial score (nSPS) is 11.9. The fourth-order valence-electron chi connectivity index (χ4n) is 2.97. The summed E-state index contributed by atoms with van der Waals surface area (Å²) in [6.45, 7) is 7.17. The van der Waals surface area contributed by atoms with E-state index in [9.17, 15) is 14.7 Å². The standard InChI is InChI=1S/C21H26N4O4/c1-5-13(9-10-22)19(26)25-21(3,4)11-29-15-8-6-7-14-17(15)18(23)16(20(27)28)12(2)24-14/h6-10,22H,5,11H2,1-4H3,(H2,23,24)(H,25,26)(H,27,28)/b13-9+,22-10?. The summed E-state index contributed by atoms with van der Waals surface area (Å²) in [5.74, 6) is -1.03. The predicted molar refractivity (Wildman–Crippen MR) is 113 cm³/mol. The number of hydrogen-bond acceptors (Lipinski definition) is 6. The van der Waals surface area contributed by atoms with Crippen molar-refractivity contribution in [3.63, 3.8) is 0 Å². The number of allylic oxidation sites excluding steroid dienone is 1. The maximum atomic E-state index is 12.4. The molecule has 8 nitrogen and oxygen atoms in total. The van der Waals surface area contributed by atoms with Gasteiger partial charge < -0.3 is 26.3 Å². The fourth-order valence-corrected chi connectivity index (χ4v) is 2.97. The van der Waals surface area contributed by atoms with E-state index in [1.165, 1.54) is 6.08 Å². The van der Waals surface area contributed by atoms with E-state index in [0.29, 0.717) is 34.3 Å². The first-order valence-electron chi connectivity index (χ1n) is 9.18. The van der Waals surface area contributed by atoms with Crippen LogP contribution in [0.3, 0.4) is 0 Å². The van der Waals surface area contributed by atoms with Crippen molar-refractivity contribution in [1.29, 1.82) is 5.41 Å². The van der Waals surface area contributed by atoms with Crippen molar-refractivity contribution in [2.45, 2.75) is 39.7 Å². The number of hydrogen-bond donors (Lipinski definition) is 4. The maximum absolute atomic E-state index is 12.4. The van der Waals surface area contributed by atoms with E-state index >= 15 is 0 Å². The summed E-state index contributed by atoms with van der Waals surface area (Å²) in [6, 6.07) is 5.17. The smallest absolute Gasteiger partial charge is 0.339 e. The molecule has 5 N–H and O–H groups in total. The summed E-state index contributed by atoms with van der Waals surface area (Å²) in [7, 11) is 0. The van der Waals surface area contributed by atoms with E-state index in [4.69, 9.17) is 15.9 Å². The number of fused-ring (bicyclic) bond motifs is 1. The molecule has 0 aliphatic rings. The van der Waals surface area contributed by atoms with Crippen molar-refractivity contribution >= 4 is 34.7 Å². The van der Waals surface area contributed by atoms with Crippen LogP contribution < -0.4 is 15.8 Å². The SMILES string of the molecule is CC/C(=C\C=N)C(=O)NC(C)(C)COc1cccc2nc(C)c(C(=O)O)c(N)c12. The van der Waals surface area contributed by atoms with Crippen molar-refractivity contribution in [2.24, 2.45) is 0 Å². The van der Waals surface area contributed by atoms with E-state index in [2.05, 4.69) is 10.3 Å². The van der Waals surface area contributed by atoms with Gasteiger partial charge in [0.1, 0.15) is 17.9 Å². The van der Waals surface area contributed by atoms with Crippen LogP contribution in [0.4, 0.5) is 5.69 Å². The van der Waals surface area contributed by atoms with Crippen molar-refractivity contribution < 1.29 is 19.4 Å². The molecule has 1 aromatic heterocycles.